The van der Waals surface area contributed by atoms with Crippen molar-refractivity contribution < 1.29 is 13.9 Å². The fourth-order valence-electron chi connectivity index (χ4n) is 1.25. The average molecular weight is 225 g/mol. The third-order valence-corrected chi connectivity index (χ3v) is 2.73. The first-order chi connectivity index (χ1) is 7.56. The fraction of sp³-hybridized carbons (Fsp3) is 0.583. The minimum Gasteiger partial charge on any atom is -0.463 e. The van der Waals surface area contributed by atoms with Gasteiger partial charge in [0.1, 0.15) is 0 Å². The molecule has 0 saturated carbocycles. The van der Waals surface area contributed by atoms with E-state index in [1.807, 2.05) is 0 Å². The molecular weight excluding hydrogens is 206 g/mol. The third kappa shape index (κ3) is 3.10. The zero-order valence-electron chi connectivity index (χ0n) is 10.2. The molecule has 1 aromatic rings. The van der Waals surface area contributed by atoms with Crippen LogP contribution in [0.1, 0.15) is 36.9 Å². The van der Waals surface area contributed by atoms with Gasteiger partial charge in [0.2, 0.25) is 5.76 Å². The van der Waals surface area contributed by atoms with Gasteiger partial charge in [0, 0.05) is 18.2 Å². The van der Waals surface area contributed by atoms with Crippen molar-refractivity contribution in [1.82, 2.24) is 5.32 Å². The summed E-state index contributed by atoms with van der Waals surface area (Å²) >= 11 is 0. The summed E-state index contributed by atoms with van der Waals surface area (Å²) in [6, 6.07) is 2.17. The average Bonchev–Trinajstić information content (AvgIpc) is 2.72. The normalized spacial score (nSPS) is 12.8. The first-order valence-corrected chi connectivity index (χ1v) is 5.44. The number of rotatable bonds is 5. The van der Waals surface area contributed by atoms with Gasteiger partial charge < -0.3 is 14.5 Å². The summed E-state index contributed by atoms with van der Waals surface area (Å²) in [6.45, 7) is 7.02. The Morgan fingerprint density at radius 1 is 1.50 bits per heavy atom. The standard InChI is InChI=1S/C12H19NO3/c1-8(2)9(3)13-7-10-5-6-16-11(10)12(14)15-4/h5-6,8-9,13H,7H2,1-4H3. The van der Waals surface area contributed by atoms with Gasteiger partial charge in [-0.2, -0.15) is 0 Å². The van der Waals surface area contributed by atoms with Crippen LogP contribution in [0.3, 0.4) is 0 Å². The largest absolute Gasteiger partial charge is 0.463 e. The smallest absolute Gasteiger partial charge is 0.374 e. The van der Waals surface area contributed by atoms with Crippen molar-refractivity contribution in [3.8, 4) is 0 Å². The zero-order valence-corrected chi connectivity index (χ0v) is 10.2. The SMILES string of the molecule is COC(=O)c1occc1CNC(C)C(C)C. The molecular formula is C12H19NO3. The molecule has 16 heavy (non-hydrogen) atoms. The molecule has 0 saturated heterocycles. The van der Waals surface area contributed by atoms with E-state index in [2.05, 4.69) is 30.8 Å². The summed E-state index contributed by atoms with van der Waals surface area (Å²) in [7, 11) is 1.35. The highest BCUT2D eigenvalue weighted by molar-refractivity contribution is 5.87. The predicted molar refractivity (Wildman–Crippen MR) is 61.2 cm³/mol. The molecule has 0 amide bonds. The highest BCUT2D eigenvalue weighted by Gasteiger charge is 2.16. The molecule has 1 heterocycles. The monoisotopic (exact) mass is 225 g/mol. The summed E-state index contributed by atoms with van der Waals surface area (Å²) < 4.78 is 9.72. The number of hydrogen-bond acceptors (Lipinski definition) is 4. The number of esters is 1. The van der Waals surface area contributed by atoms with Gasteiger partial charge in [-0.1, -0.05) is 13.8 Å². The number of hydrogen-bond donors (Lipinski definition) is 1. The lowest BCUT2D eigenvalue weighted by molar-refractivity contribution is 0.0563. The summed E-state index contributed by atoms with van der Waals surface area (Å²) in [5, 5.41) is 3.34. The molecule has 1 aromatic heterocycles. The van der Waals surface area contributed by atoms with Crippen molar-refractivity contribution in [2.75, 3.05) is 7.11 Å². The highest BCUT2D eigenvalue weighted by Crippen LogP contribution is 2.12. The van der Waals surface area contributed by atoms with E-state index in [1.165, 1.54) is 13.4 Å². The van der Waals surface area contributed by atoms with Crippen LogP contribution >= 0.6 is 0 Å². The Bertz CT molecular complexity index is 344. The van der Waals surface area contributed by atoms with Crippen LogP contribution in [-0.2, 0) is 11.3 Å². The van der Waals surface area contributed by atoms with E-state index >= 15 is 0 Å². The van der Waals surface area contributed by atoms with E-state index in [9.17, 15) is 4.79 Å². The molecule has 0 aromatic carbocycles. The molecule has 90 valence electrons. The first kappa shape index (κ1) is 12.8. The maximum Gasteiger partial charge on any atom is 0.374 e. The van der Waals surface area contributed by atoms with Crippen LogP contribution in [0.2, 0.25) is 0 Å². The number of ether oxygens (including phenoxy) is 1. The van der Waals surface area contributed by atoms with E-state index in [4.69, 9.17) is 4.42 Å². The van der Waals surface area contributed by atoms with E-state index in [0.29, 0.717) is 18.5 Å². The van der Waals surface area contributed by atoms with Crippen LogP contribution in [0.5, 0.6) is 0 Å². The number of methoxy groups -OCH3 is 1. The zero-order chi connectivity index (χ0) is 12.1. The number of carbonyl (C=O) groups is 1. The maximum absolute atomic E-state index is 11.3. The second kappa shape index (κ2) is 5.70. The second-order valence-corrected chi connectivity index (χ2v) is 4.18. The predicted octanol–water partition coefficient (Wildman–Crippen LogP) is 2.20. The van der Waals surface area contributed by atoms with E-state index in [0.717, 1.165) is 5.56 Å². The molecule has 1 N–H and O–H groups in total. The van der Waals surface area contributed by atoms with Crippen molar-refractivity contribution in [3.05, 3.63) is 23.7 Å². The quantitative estimate of drug-likeness (QED) is 0.780. The Morgan fingerprint density at radius 3 is 2.75 bits per heavy atom. The van der Waals surface area contributed by atoms with Crippen LogP contribution < -0.4 is 5.32 Å². The number of furan rings is 1. The van der Waals surface area contributed by atoms with Gasteiger partial charge in [-0.3, -0.25) is 0 Å². The van der Waals surface area contributed by atoms with Gasteiger partial charge in [0.15, 0.2) is 0 Å². The Morgan fingerprint density at radius 2 is 2.19 bits per heavy atom. The lowest BCUT2D eigenvalue weighted by Gasteiger charge is -2.16. The lowest BCUT2D eigenvalue weighted by Crippen LogP contribution is -2.30. The van der Waals surface area contributed by atoms with Crippen molar-refractivity contribution >= 4 is 5.97 Å². The van der Waals surface area contributed by atoms with Crippen molar-refractivity contribution in [1.29, 1.82) is 0 Å². The Hall–Kier alpha value is -1.29. The minimum absolute atomic E-state index is 0.283. The van der Waals surface area contributed by atoms with Crippen LogP contribution in [0.15, 0.2) is 16.7 Å². The topological polar surface area (TPSA) is 51.5 Å². The minimum atomic E-state index is -0.431. The molecule has 4 nitrogen and oxygen atoms in total. The van der Waals surface area contributed by atoms with Crippen LogP contribution in [0, 0.1) is 5.92 Å². The van der Waals surface area contributed by atoms with Crippen molar-refractivity contribution in [2.24, 2.45) is 5.92 Å². The van der Waals surface area contributed by atoms with Crippen molar-refractivity contribution in [3.63, 3.8) is 0 Å². The molecule has 0 bridgehead atoms. The molecule has 0 aliphatic rings. The second-order valence-electron chi connectivity index (χ2n) is 4.18. The van der Waals surface area contributed by atoms with Crippen LogP contribution in [0.25, 0.3) is 0 Å². The number of carbonyl (C=O) groups excluding carboxylic acids is 1. The van der Waals surface area contributed by atoms with Crippen molar-refractivity contribution in [2.45, 2.75) is 33.4 Å². The lowest BCUT2D eigenvalue weighted by atomic mass is 10.1. The van der Waals surface area contributed by atoms with Gasteiger partial charge in [-0.25, -0.2) is 4.79 Å². The Labute approximate surface area is 96.0 Å². The van der Waals surface area contributed by atoms with Gasteiger partial charge >= 0.3 is 5.97 Å². The molecule has 0 spiro atoms. The van der Waals surface area contributed by atoms with E-state index < -0.39 is 5.97 Å². The molecule has 1 rings (SSSR count). The summed E-state index contributed by atoms with van der Waals surface area (Å²) in [5.74, 6) is 0.401. The molecule has 4 heteroatoms. The molecule has 0 aliphatic heterocycles. The van der Waals surface area contributed by atoms with Crippen LogP contribution in [-0.4, -0.2) is 19.1 Å². The highest BCUT2D eigenvalue weighted by atomic mass is 16.5. The van der Waals surface area contributed by atoms with Gasteiger partial charge in [0.05, 0.1) is 13.4 Å². The Balaban J connectivity index is 2.61. The summed E-state index contributed by atoms with van der Waals surface area (Å²) in [5.41, 5.74) is 0.833. The molecule has 1 atom stereocenters. The maximum atomic E-state index is 11.3. The fourth-order valence-corrected chi connectivity index (χ4v) is 1.25. The molecule has 0 fully saturated rings. The summed E-state index contributed by atoms with van der Waals surface area (Å²) in [4.78, 5) is 11.3. The van der Waals surface area contributed by atoms with Gasteiger partial charge in [-0.15, -0.1) is 0 Å². The van der Waals surface area contributed by atoms with E-state index in [-0.39, 0.29) is 5.76 Å². The molecule has 0 aliphatic carbocycles. The van der Waals surface area contributed by atoms with E-state index in [1.54, 1.807) is 6.07 Å². The molecule has 1 unspecified atom stereocenters. The summed E-state index contributed by atoms with van der Waals surface area (Å²) in [6.07, 6.45) is 1.50. The Kier molecular flexibility index (Phi) is 4.55. The van der Waals surface area contributed by atoms with Gasteiger partial charge in [-0.05, 0) is 18.9 Å². The first-order valence-electron chi connectivity index (χ1n) is 5.44. The van der Waals surface area contributed by atoms with Crippen LogP contribution in [0.4, 0.5) is 0 Å². The molecule has 0 radical (unpaired) electrons. The number of nitrogens with one attached hydrogen (secondary N) is 1. The van der Waals surface area contributed by atoms with Gasteiger partial charge in [0.25, 0.3) is 0 Å². The third-order valence-electron chi connectivity index (χ3n) is 2.73.